The van der Waals surface area contributed by atoms with E-state index in [1.807, 2.05) is 30.3 Å². The number of nitrogens with one attached hydrogen (secondary N) is 1. The van der Waals surface area contributed by atoms with Crippen LogP contribution in [0.5, 0.6) is 0 Å². The fraction of sp³-hybridized carbons (Fsp3) is 0.429. The Hall–Kier alpha value is -2.04. The van der Waals surface area contributed by atoms with Crippen LogP contribution in [0.25, 0.3) is 0 Å². The zero-order valence-corrected chi connectivity index (χ0v) is 11.3. The highest BCUT2D eigenvalue weighted by Crippen LogP contribution is 2.08. The molecule has 0 aliphatic heterocycles. The number of carbonyl (C=O) groups is 2. The lowest BCUT2D eigenvalue weighted by Gasteiger charge is -2.22. The fourth-order valence-corrected chi connectivity index (χ4v) is 1.50. The SMILES string of the molecule is CC(C)(C)OC(=O)N[C@@H](Cc1ccccc1)[13C](=O)O. The lowest BCUT2D eigenvalue weighted by molar-refractivity contribution is -0.139. The van der Waals surface area contributed by atoms with E-state index in [1.165, 1.54) is 0 Å². The molecule has 1 aromatic rings. The van der Waals surface area contributed by atoms with Gasteiger partial charge in [0.05, 0.1) is 0 Å². The average molecular weight is 266 g/mol. The Morgan fingerprint density at radius 1 is 1.26 bits per heavy atom. The summed E-state index contributed by atoms with van der Waals surface area (Å²) in [4.78, 5) is 22.7. The number of carboxylic acid groups (broad SMARTS) is 1. The molecule has 0 saturated heterocycles. The molecule has 0 aromatic heterocycles. The van der Waals surface area contributed by atoms with Crippen molar-refractivity contribution in [3.05, 3.63) is 35.9 Å². The Bertz CT molecular complexity index is 437. The molecule has 1 amide bonds. The number of ether oxygens (including phenoxy) is 1. The van der Waals surface area contributed by atoms with Crippen molar-refractivity contribution < 1.29 is 19.4 Å². The van der Waals surface area contributed by atoms with Gasteiger partial charge in [-0.15, -0.1) is 0 Å². The number of rotatable bonds is 4. The Morgan fingerprint density at radius 3 is 2.32 bits per heavy atom. The molecular formula is C14H19NO4. The zero-order chi connectivity index (χ0) is 14.5. The zero-order valence-electron chi connectivity index (χ0n) is 11.3. The van der Waals surface area contributed by atoms with Gasteiger partial charge in [0, 0.05) is 6.42 Å². The van der Waals surface area contributed by atoms with E-state index in [4.69, 9.17) is 9.84 Å². The van der Waals surface area contributed by atoms with E-state index < -0.39 is 23.7 Å². The van der Waals surface area contributed by atoms with Crippen LogP contribution < -0.4 is 5.32 Å². The minimum atomic E-state index is -1.09. The molecular weight excluding hydrogens is 247 g/mol. The second-order valence-electron chi connectivity index (χ2n) is 5.23. The van der Waals surface area contributed by atoms with Crippen molar-refractivity contribution in [3.63, 3.8) is 0 Å². The van der Waals surface area contributed by atoms with E-state index in [9.17, 15) is 9.59 Å². The van der Waals surface area contributed by atoms with Crippen LogP contribution >= 0.6 is 0 Å². The Balaban J connectivity index is 2.64. The smallest absolute Gasteiger partial charge is 0.408 e. The van der Waals surface area contributed by atoms with Gasteiger partial charge in [-0.2, -0.15) is 0 Å². The summed E-state index contributed by atoms with van der Waals surface area (Å²) in [5.74, 6) is -1.09. The summed E-state index contributed by atoms with van der Waals surface area (Å²) in [6.45, 7) is 5.17. The van der Waals surface area contributed by atoms with E-state index in [0.717, 1.165) is 5.56 Å². The minimum Gasteiger partial charge on any atom is -0.480 e. The van der Waals surface area contributed by atoms with Gasteiger partial charge < -0.3 is 15.2 Å². The molecule has 5 heteroatoms. The van der Waals surface area contributed by atoms with Crippen LogP contribution in [0.1, 0.15) is 26.3 Å². The maximum atomic E-state index is 11.6. The predicted molar refractivity (Wildman–Crippen MR) is 70.9 cm³/mol. The van der Waals surface area contributed by atoms with Gasteiger partial charge in [-0.25, -0.2) is 9.59 Å². The van der Waals surface area contributed by atoms with Gasteiger partial charge >= 0.3 is 12.1 Å². The largest absolute Gasteiger partial charge is 0.480 e. The molecule has 1 atom stereocenters. The summed E-state index contributed by atoms with van der Waals surface area (Å²) in [5, 5.41) is 11.5. The summed E-state index contributed by atoms with van der Waals surface area (Å²) in [6, 6.07) is 8.11. The second-order valence-corrected chi connectivity index (χ2v) is 5.23. The van der Waals surface area contributed by atoms with E-state index in [1.54, 1.807) is 20.8 Å². The molecule has 0 aliphatic rings. The van der Waals surface area contributed by atoms with Crippen molar-refractivity contribution in [3.8, 4) is 0 Å². The van der Waals surface area contributed by atoms with Gasteiger partial charge in [0.25, 0.3) is 0 Å². The first-order valence-corrected chi connectivity index (χ1v) is 6.04. The quantitative estimate of drug-likeness (QED) is 0.819. The van der Waals surface area contributed by atoms with Crippen molar-refractivity contribution >= 4 is 12.1 Å². The third kappa shape index (κ3) is 5.90. The monoisotopic (exact) mass is 266 g/mol. The molecule has 0 saturated carbocycles. The van der Waals surface area contributed by atoms with Crippen LogP contribution in [0.3, 0.4) is 0 Å². The first-order valence-electron chi connectivity index (χ1n) is 6.04. The number of hydrogen-bond acceptors (Lipinski definition) is 3. The summed E-state index contributed by atoms with van der Waals surface area (Å²) in [6.07, 6.45) is -0.508. The number of carbonyl (C=O) groups excluding carboxylic acids is 1. The van der Waals surface area contributed by atoms with Crippen LogP contribution in [0.4, 0.5) is 4.79 Å². The number of carboxylic acids is 1. The molecule has 0 heterocycles. The molecule has 5 nitrogen and oxygen atoms in total. The predicted octanol–water partition coefficient (Wildman–Crippen LogP) is 2.21. The molecule has 0 bridgehead atoms. The number of amides is 1. The van der Waals surface area contributed by atoms with Crippen LogP contribution in [0, 0.1) is 0 Å². The Kier molecular flexibility index (Phi) is 4.92. The first-order chi connectivity index (χ1) is 8.78. The molecule has 1 rings (SSSR count). The maximum Gasteiger partial charge on any atom is 0.408 e. The van der Waals surface area contributed by atoms with E-state index in [0.29, 0.717) is 0 Å². The van der Waals surface area contributed by atoms with E-state index in [2.05, 4.69) is 5.32 Å². The Morgan fingerprint density at radius 2 is 1.84 bits per heavy atom. The van der Waals surface area contributed by atoms with Crippen molar-refractivity contribution in [1.29, 1.82) is 0 Å². The van der Waals surface area contributed by atoms with E-state index in [-0.39, 0.29) is 6.42 Å². The van der Waals surface area contributed by atoms with Crippen LogP contribution in [-0.4, -0.2) is 28.8 Å². The summed E-state index contributed by atoms with van der Waals surface area (Å²) < 4.78 is 5.04. The average Bonchev–Trinajstić information content (AvgIpc) is 2.26. The number of alkyl carbamates (subject to hydrolysis) is 1. The van der Waals surface area contributed by atoms with Gasteiger partial charge in [-0.3, -0.25) is 0 Å². The minimum absolute atomic E-state index is 0.218. The molecule has 0 fully saturated rings. The standard InChI is InChI=1S/C14H19NO4/c1-14(2,3)19-13(18)15-11(12(16)17)9-10-7-5-4-6-8-10/h4-8,11H,9H2,1-3H3,(H,15,18)(H,16,17)/t11-/m0/s1/i12+1. The normalized spacial score (nSPS) is 12.6. The lowest BCUT2D eigenvalue weighted by atomic mass is 10.1. The molecule has 0 unspecified atom stereocenters. The van der Waals surface area contributed by atoms with Crippen LogP contribution in [0.15, 0.2) is 30.3 Å². The van der Waals surface area contributed by atoms with Crippen LogP contribution in [-0.2, 0) is 16.0 Å². The molecule has 0 radical (unpaired) electrons. The number of hydrogen-bond donors (Lipinski definition) is 2. The third-order valence-electron chi connectivity index (χ3n) is 2.27. The maximum absolute atomic E-state index is 11.6. The van der Waals surface area contributed by atoms with Crippen molar-refractivity contribution in [1.82, 2.24) is 5.32 Å². The highest BCUT2D eigenvalue weighted by Gasteiger charge is 2.23. The van der Waals surface area contributed by atoms with Gasteiger partial charge in [-0.1, -0.05) is 30.3 Å². The molecule has 2 N–H and O–H groups in total. The lowest BCUT2D eigenvalue weighted by Crippen LogP contribution is -2.44. The molecule has 0 spiro atoms. The number of benzene rings is 1. The van der Waals surface area contributed by atoms with Gasteiger partial charge in [0.1, 0.15) is 11.6 Å². The van der Waals surface area contributed by atoms with Crippen LogP contribution in [0.2, 0.25) is 0 Å². The highest BCUT2D eigenvalue weighted by molar-refractivity contribution is 5.80. The van der Waals surface area contributed by atoms with Gasteiger partial charge in [0.2, 0.25) is 0 Å². The fourth-order valence-electron chi connectivity index (χ4n) is 1.50. The molecule has 1 aromatic carbocycles. The molecule has 0 aliphatic carbocycles. The molecule has 104 valence electrons. The van der Waals surface area contributed by atoms with Gasteiger partial charge in [0.15, 0.2) is 0 Å². The van der Waals surface area contributed by atoms with Crippen molar-refractivity contribution in [2.45, 2.75) is 38.8 Å². The van der Waals surface area contributed by atoms with Crippen molar-refractivity contribution in [2.24, 2.45) is 0 Å². The molecule has 19 heavy (non-hydrogen) atoms. The third-order valence-corrected chi connectivity index (χ3v) is 2.27. The summed E-state index contributed by atoms with van der Waals surface area (Å²) in [5.41, 5.74) is 0.186. The number of aliphatic carboxylic acids is 1. The first kappa shape index (κ1) is 15.0. The Labute approximate surface area is 112 Å². The van der Waals surface area contributed by atoms with Gasteiger partial charge in [-0.05, 0) is 26.3 Å². The summed E-state index contributed by atoms with van der Waals surface area (Å²) in [7, 11) is 0. The summed E-state index contributed by atoms with van der Waals surface area (Å²) >= 11 is 0. The second kappa shape index (κ2) is 6.22. The highest BCUT2D eigenvalue weighted by atomic mass is 16.6. The van der Waals surface area contributed by atoms with E-state index >= 15 is 0 Å². The topological polar surface area (TPSA) is 75.6 Å². The van der Waals surface area contributed by atoms with Crippen molar-refractivity contribution in [2.75, 3.05) is 0 Å².